The molecular weight excluding hydrogens is 220 g/mol. The van der Waals surface area contributed by atoms with Gasteiger partial charge in [-0.2, -0.15) is 17.4 Å². The molecule has 7 heteroatoms. The van der Waals surface area contributed by atoms with E-state index >= 15 is 0 Å². The monoisotopic (exact) mass is 238 g/mol. The number of carbonyl (C=O) groups excluding carboxylic acids is 1. The summed E-state index contributed by atoms with van der Waals surface area (Å²) in [4.78, 5) is 11.0. The van der Waals surface area contributed by atoms with Gasteiger partial charge in [-0.15, -0.1) is 0 Å². The molecule has 0 saturated carbocycles. The van der Waals surface area contributed by atoms with Gasteiger partial charge < -0.3 is 4.74 Å². The summed E-state index contributed by atoms with van der Waals surface area (Å²) in [6.45, 7) is 4.90. The lowest BCUT2D eigenvalue weighted by atomic mass is 10.4. The van der Waals surface area contributed by atoms with Gasteiger partial charge in [0.25, 0.3) is 10.2 Å². The molecule has 0 unspecified atom stereocenters. The first-order chi connectivity index (χ1) is 6.72. The number of carbonyl (C=O) groups is 1. The van der Waals surface area contributed by atoms with Crippen LogP contribution in [0.25, 0.3) is 0 Å². The number of methoxy groups -OCH3 is 1. The molecule has 1 atom stereocenters. The van der Waals surface area contributed by atoms with E-state index in [0.717, 1.165) is 4.31 Å². The standard InChI is InChI=1S/C8H18N2O4S/c1-6(2)10(4)15(12,13)9-7(3)8(11)14-5/h6-7,9H,1-5H3/t7-/m0/s1. The lowest BCUT2D eigenvalue weighted by Crippen LogP contribution is -2.48. The van der Waals surface area contributed by atoms with Crippen molar-refractivity contribution in [3.8, 4) is 0 Å². The molecule has 0 aromatic rings. The average Bonchev–Trinajstić information content (AvgIpc) is 2.14. The Hall–Kier alpha value is -0.660. The number of hydrogen-bond acceptors (Lipinski definition) is 4. The Morgan fingerprint density at radius 2 is 1.80 bits per heavy atom. The minimum atomic E-state index is -3.63. The molecule has 0 aliphatic heterocycles. The predicted molar refractivity (Wildman–Crippen MR) is 56.4 cm³/mol. The van der Waals surface area contributed by atoms with E-state index in [1.165, 1.54) is 21.1 Å². The van der Waals surface area contributed by atoms with E-state index in [0.29, 0.717) is 0 Å². The van der Waals surface area contributed by atoms with Gasteiger partial charge in [-0.3, -0.25) is 4.79 Å². The first-order valence-electron chi connectivity index (χ1n) is 4.55. The van der Waals surface area contributed by atoms with Gasteiger partial charge in [-0.1, -0.05) is 0 Å². The van der Waals surface area contributed by atoms with Crippen molar-refractivity contribution < 1.29 is 17.9 Å². The second kappa shape index (κ2) is 5.43. The van der Waals surface area contributed by atoms with Gasteiger partial charge in [0.1, 0.15) is 6.04 Å². The summed E-state index contributed by atoms with van der Waals surface area (Å²) in [5.74, 6) is -0.615. The van der Waals surface area contributed by atoms with E-state index in [9.17, 15) is 13.2 Å². The molecule has 6 nitrogen and oxygen atoms in total. The van der Waals surface area contributed by atoms with Crippen molar-refractivity contribution in [1.82, 2.24) is 9.03 Å². The molecule has 0 bridgehead atoms. The fourth-order valence-corrected chi connectivity index (χ4v) is 2.07. The van der Waals surface area contributed by atoms with Crippen molar-refractivity contribution in [3.63, 3.8) is 0 Å². The third-order valence-electron chi connectivity index (χ3n) is 1.99. The van der Waals surface area contributed by atoms with Crippen molar-refractivity contribution >= 4 is 16.2 Å². The van der Waals surface area contributed by atoms with Crippen LogP contribution in [0.1, 0.15) is 20.8 Å². The molecule has 0 fully saturated rings. The van der Waals surface area contributed by atoms with Crippen LogP contribution >= 0.6 is 0 Å². The highest BCUT2D eigenvalue weighted by Gasteiger charge is 2.25. The van der Waals surface area contributed by atoms with Gasteiger partial charge in [0, 0.05) is 13.1 Å². The SMILES string of the molecule is COC(=O)[C@H](C)NS(=O)(=O)N(C)C(C)C. The minimum Gasteiger partial charge on any atom is -0.468 e. The Labute approximate surface area is 90.8 Å². The highest BCUT2D eigenvalue weighted by Crippen LogP contribution is 2.02. The second-order valence-electron chi connectivity index (χ2n) is 3.48. The molecular formula is C8H18N2O4S. The molecule has 0 amide bonds. The second-order valence-corrected chi connectivity index (χ2v) is 5.24. The van der Waals surface area contributed by atoms with Crippen LogP contribution in [0.4, 0.5) is 0 Å². The first-order valence-corrected chi connectivity index (χ1v) is 5.99. The zero-order valence-electron chi connectivity index (χ0n) is 9.64. The van der Waals surface area contributed by atoms with E-state index in [4.69, 9.17) is 0 Å². The largest absolute Gasteiger partial charge is 0.468 e. The van der Waals surface area contributed by atoms with Gasteiger partial charge >= 0.3 is 5.97 Å². The fourth-order valence-electron chi connectivity index (χ4n) is 0.809. The van der Waals surface area contributed by atoms with Gasteiger partial charge in [0.15, 0.2) is 0 Å². The van der Waals surface area contributed by atoms with Crippen LogP contribution in [-0.2, 0) is 19.7 Å². The van der Waals surface area contributed by atoms with Crippen LogP contribution in [-0.4, -0.2) is 44.9 Å². The molecule has 0 aliphatic carbocycles. The highest BCUT2D eigenvalue weighted by molar-refractivity contribution is 7.87. The van der Waals surface area contributed by atoms with Gasteiger partial charge in [-0.25, -0.2) is 0 Å². The molecule has 0 radical (unpaired) electrons. The first kappa shape index (κ1) is 14.3. The lowest BCUT2D eigenvalue weighted by molar-refractivity contribution is -0.142. The van der Waals surface area contributed by atoms with Crippen LogP contribution in [0.2, 0.25) is 0 Å². The number of nitrogens with zero attached hydrogens (tertiary/aromatic N) is 1. The van der Waals surface area contributed by atoms with Crippen LogP contribution in [0.15, 0.2) is 0 Å². The zero-order valence-corrected chi connectivity index (χ0v) is 10.5. The van der Waals surface area contributed by atoms with Crippen LogP contribution in [0, 0.1) is 0 Å². The highest BCUT2D eigenvalue weighted by atomic mass is 32.2. The molecule has 0 saturated heterocycles. The molecule has 1 N–H and O–H groups in total. The minimum absolute atomic E-state index is 0.174. The summed E-state index contributed by atoms with van der Waals surface area (Å²) in [6.07, 6.45) is 0. The topological polar surface area (TPSA) is 75.7 Å². The molecule has 15 heavy (non-hydrogen) atoms. The number of nitrogens with one attached hydrogen (secondary N) is 1. The van der Waals surface area contributed by atoms with Crippen LogP contribution in [0.3, 0.4) is 0 Å². The van der Waals surface area contributed by atoms with E-state index < -0.39 is 22.2 Å². The maximum absolute atomic E-state index is 11.6. The van der Waals surface area contributed by atoms with Crippen molar-refractivity contribution in [2.75, 3.05) is 14.2 Å². The summed E-state index contributed by atoms with van der Waals surface area (Å²) in [6, 6.07) is -1.06. The van der Waals surface area contributed by atoms with Gasteiger partial charge in [0.2, 0.25) is 0 Å². The van der Waals surface area contributed by atoms with Crippen molar-refractivity contribution in [2.45, 2.75) is 32.9 Å². The molecule has 90 valence electrons. The summed E-state index contributed by atoms with van der Waals surface area (Å²) in [7, 11) is -0.982. The summed E-state index contributed by atoms with van der Waals surface area (Å²) in [5, 5.41) is 0. The van der Waals surface area contributed by atoms with E-state index in [-0.39, 0.29) is 6.04 Å². The average molecular weight is 238 g/mol. The maximum Gasteiger partial charge on any atom is 0.323 e. The van der Waals surface area contributed by atoms with Gasteiger partial charge in [-0.05, 0) is 20.8 Å². The van der Waals surface area contributed by atoms with E-state index in [1.807, 2.05) is 0 Å². The van der Waals surface area contributed by atoms with Crippen molar-refractivity contribution in [3.05, 3.63) is 0 Å². The molecule has 0 spiro atoms. The normalized spacial score (nSPS) is 14.3. The third-order valence-corrected chi connectivity index (χ3v) is 3.82. The Kier molecular flexibility index (Phi) is 5.19. The molecule has 0 aliphatic rings. The predicted octanol–water partition coefficient (Wildman–Crippen LogP) is -0.277. The molecule has 0 aromatic heterocycles. The third kappa shape index (κ3) is 4.15. The zero-order chi connectivity index (χ0) is 12.2. The number of rotatable bonds is 5. The number of esters is 1. The summed E-state index contributed by atoms with van der Waals surface area (Å²) >= 11 is 0. The molecule has 0 aromatic carbocycles. The fraction of sp³-hybridized carbons (Fsp3) is 0.875. The van der Waals surface area contributed by atoms with E-state index in [1.54, 1.807) is 13.8 Å². The van der Waals surface area contributed by atoms with Crippen LogP contribution in [0.5, 0.6) is 0 Å². The Morgan fingerprint density at radius 3 is 2.13 bits per heavy atom. The Bertz CT molecular complexity index is 313. The Morgan fingerprint density at radius 1 is 1.33 bits per heavy atom. The summed E-state index contributed by atoms with van der Waals surface area (Å²) < 4.78 is 31.0. The number of hydrogen-bond donors (Lipinski definition) is 1. The molecule has 0 rings (SSSR count). The van der Waals surface area contributed by atoms with E-state index in [2.05, 4.69) is 9.46 Å². The van der Waals surface area contributed by atoms with Crippen molar-refractivity contribution in [1.29, 1.82) is 0 Å². The quantitative estimate of drug-likeness (QED) is 0.669. The Balaban J connectivity index is 4.59. The maximum atomic E-state index is 11.6. The number of ether oxygens (including phenoxy) is 1. The van der Waals surface area contributed by atoms with Gasteiger partial charge in [0.05, 0.1) is 7.11 Å². The lowest BCUT2D eigenvalue weighted by Gasteiger charge is -2.22. The van der Waals surface area contributed by atoms with Crippen LogP contribution < -0.4 is 4.72 Å². The molecule has 0 heterocycles. The van der Waals surface area contributed by atoms with Crippen molar-refractivity contribution in [2.24, 2.45) is 0 Å². The smallest absolute Gasteiger partial charge is 0.323 e. The summed E-state index contributed by atoms with van der Waals surface area (Å²) in [5.41, 5.74) is 0.